The third-order valence-electron chi connectivity index (χ3n) is 6.13. The van der Waals surface area contributed by atoms with Crippen LogP contribution in [0.2, 0.25) is 0 Å². The SMILES string of the molecule is CCCN(CCC)C(=O)c1cccc(C(=O)N[C@@H](Cc2cc(F)cc(F)c2)[C@H](O)CN[C@H](CC)CO)c1. The van der Waals surface area contributed by atoms with Gasteiger partial charge in [0.1, 0.15) is 11.6 Å². The van der Waals surface area contributed by atoms with E-state index in [0.717, 1.165) is 31.0 Å². The number of carbonyl (C=O) groups excluding carboxylic acids is 2. The predicted molar refractivity (Wildman–Crippen MR) is 139 cm³/mol. The van der Waals surface area contributed by atoms with E-state index in [-0.39, 0.29) is 42.6 Å². The Morgan fingerprint density at radius 3 is 2.16 bits per heavy atom. The molecule has 0 saturated carbocycles. The summed E-state index contributed by atoms with van der Waals surface area (Å²) in [6.07, 6.45) is 1.11. The highest BCUT2D eigenvalue weighted by molar-refractivity contribution is 5.99. The normalized spacial score (nSPS) is 13.6. The van der Waals surface area contributed by atoms with Gasteiger partial charge in [0.05, 0.1) is 18.8 Å². The van der Waals surface area contributed by atoms with Crippen LogP contribution in [0, 0.1) is 11.6 Å². The molecule has 37 heavy (non-hydrogen) atoms. The number of halogens is 2. The number of amides is 2. The number of hydrogen-bond donors (Lipinski definition) is 4. The Morgan fingerprint density at radius 2 is 1.59 bits per heavy atom. The minimum atomic E-state index is -1.12. The smallest absolute Gasteiger partial charge is 0.253 e. The van der Waals surface area contributed by atoms with E-state index in [9.17, 15) is 28.6 Å². The van der Waals surface area contributed by atoms with Gasteiger partial charge in [-0.25, -0.2) is 8.78 Å². The Labute approximate surface area is 217 Å². The maximum absolute atomic E-state index is 13.8. The van der Waals surface area contributed by atoms with Crippen molar-refractivity contribution in [2.24, 2.45) is 0 Å². The van der Waals surface area contributed by atoms with Crippen molar-refractivity contribution in [3.8, 4) is 0 Å². The van der Waals surface area contributed by atoms with Crippen LogP contribution >= 0.6 is 0 Å². The van der Waals surface area contributed by atoms with E-state index >= 15 is 0 Å². The maximum Gasteiger partial charge on any atom is 0.253 e. The molecule has 0 saturated heterocycles. The summed E-state index contributed by atoms with van der Waals surface area (Å²) in [5.74, 6) is -2.20. The number of nitrogens with one attached hydrogen (secondary N) is 2. The van der Waals surface area contributed by atoms with Crippen molar-refractivity contribution in [2.75, 3.05) is 26.2 Å². The first-order chi connectivity index (χ1) is 17.7. The monoisotopic (exact) mass is 519 g/mol. The van der Waals surface area contributed by atoms with Crippen molar-refractivity contribution in [1.82, 2.24) is 15.5 Å². The van der Waals surface area contributed by atoms with Gasteiger partial charge in [-0.05, 0) is 61.6 Å². The number of carbonyl (C=O) groups is 2. The molecule has 9 heteroatoms. The quantitative estimate of drug-likeness (QED) is 0.289. The van der Waals surface area contributed by atoms with Gasteiger partial charge in [0, 0.05) is 42.9 Å². The molecule has 204 valence electrons. The Balaban J connectivity index is 2.25. The van der Waals surface area contributed by atoms with Crippen LogP contribution in [0.3, 0.4) is 0 Å². The van der Waals surface area contributed by atoms with Gasteiger partial charge in [0.15, 0.2) is 0 Å². The molecular weight excluding hydrogens is 480 g/mol. The molecule has 2 aromatic rings. The van der Waals surface area contributed by atoms with E-state index in [1.807, 2.05) is 20.8 Å². The molecule has 0 fully saturated rings. The molecule has 2 amide bonds. The number of rotatable bonds is 15. The van der Waals surface area contributed by atoms with Gasteiger partial charge in [-0.1, -0.05) is 26.8 Å². The van der Waals surface area contributed by atoms with E-state index in [4.69, 9.17) is 0 Å². The summed E-state index contributed by atoms with van der Waals surface area (Å²) in [5.41, 5.74) is 0.889. The summed E-state index contributed by atoms with van der Waals surface area (Å²) in [5, 5.41) is 26.1. The van der Waals surface area contributed by atoms with E-state index in [0.29, 0.717) is 25.1 Å². The first-order valence-corrected chi connectivity index (χ1v) is 12.9. The molecule has 0 heterocycles. The average molecular weight is 520 g/mol. The van der Waals surface area contributed by atoms with E-state index in [1.54, 1.807) is 23.1 Å². The molecule has 2 rings (SSSR count). The summed E-state index contributed by atoms with van der Waals surface area (Å²) in [6, 6.07) is 8.29. The van der Waals surface area contributed by atoms with Crippen LogP contribution in [-0.2, 0) is 6.42 Å². The molecule has 7 nitrogen and oxygen atoms in total. The van der Waals surface area contributed by atoms with Gasteiger partial charge in [-0.3, -0.25) is 9.59 Å². The standard InChI is InChI=1S/C28H39F2N3O4/c1-4-10-33(11-5-2)28(37)21-9-7-8-20(15-21)27(36)32-25(26(35)17-31-24(6-3)18-34)14-19-12-22(29)16-23(30)13-19/h7-9,12-13,15-16,24-26,31,34-35H,4-6,10-11,14,17-18H2,1-3H3,(H,32,36)/t24-,25+,26-/m1/s1. The van der Waals surface area contributed by atoms with Crippen LogP contribution in [0.5, 0.6) is 0 Å². The largest absolute Gasteiger partial charge is 0.395 e. The molecule has 0 aliphatic heterocycles. The lowest BCUT2D eigenvalue weighted by Gasteiger charge is -2.26. The van der Waals surface area contributed by atoms with E-state index < -0.39 is 29.7 Å². The minimum Gasteiger partial charge on any atom is -0.395 e. The zero-order chi connectivity index (χ0) is 27.4. The van der Waals surface area contributed by atoms with Crippen LogP contribution in [-0.4, -0.2) is 71.4 Å². The molecule has 0 radical (unpaired) electrons. The fraction of sp³-hybridized carbons (Fsp3) is 0.500. The summed E-state index contributed by atoms with van der Waals surface area (Å²) in [6.45, 7) is 7.02. The maximum atomic E-state index is 13.8. The van der Waals surface area contributed by atoms with Crippen LogP contribution in [0.25, 0.3) is 0 Å². The van der Waals surface area contributed by atoms with Crippen molar-refractivity contribution in [2.45, 2.75) is 64.6 Å². The number of aliphatic hydroxyl groups excluding tert-OH is 2. The molecule has 3 atom stereocenters. The molecule has 0 aliphatic rings. The fourth-order valence-electron chi connectivity index (χ4n) is 4.12. The summed E-state index contributed by atoms with van der Waals surface area (Å²) in [4.78, 5) is 27.9. The lowest BCUT2D eigenvalue weighted by Crippen LogP contribution is -2.50. The van der Waals surface area contributed by atoms with Crippen molar-refractivity contribution in [3.05, 3.63) is 70.8 Å². The van der Waals surface area contributed by atoms with Gasteiger partial charge in [0.2, 0.25) is 0 Å². The Kier molecular flexibility index (Phi) is 12.6. The van der Waals surface area contributed by atoms with Crippen molar-refractivity contribution < 1.29 is 28.6 Å². The number of aliphatic hydroxyl groups is 2. The molecule has 0 aromatic heterocycles. The summed E-state index contributed by atoms with van der Waals surface area (Å²) < 4.78 is 27.6. The van der Waals surface area contributed by atoms with Gasteiger partial charge in [-0.2, -0.15) is 0 Å². The van der Waals surface area contributed by atoms with Gasteiger partial charge < -0.3 is 25.7 Å². The number of benzene rings is 2. The Hall–Kier alpha value is -2.88. The summed E-state index contributed by atoms with van der Waals surface area (Å²) >= 11 is 0. The zero-order valence-corrected chi connectivity index (χ0v) is 21.8. The molecule has 2 aromatic carbocycles. The Bertz CT molecular complexity index is 990. The van der Waals surface area contributed by atoms with E-state index in [1.165, 1.54) is 6.07 Å². The minimum absolute atomic E-state index is 0.0292. The van der Waals surface area contributed by atoms with Crippen molar-refractivity contribution >= 4 is 11.8 Å². The van der Waals surface area contributed by atoms with Crippen LogP contribution in [0.15, 0.2) is 42.5 Å². The lowest BCUT2D eigenvalue weighted by molar-refractivity contribution is 0.0755. The fourth-order valence-corrected chi connectivity index (χ4v) is 4.12. The van der Waals surface area contributed by atoms with Crippen molar-refractivity contribution in [1.29, 1.82) is 0 Å². The second kappa shape index (κ2) is 15.4. The Morgan fingerprint density at radius 1 is 0.973 bits per heavy atom. The van der Waals surface area contributed by atoms with Crippen molar-refractivity contribution in [3.63, 3.8) is 0 Å². The second-order valence-electron chi connectivity index (χ2n) is 9.20. The predicted octanol–water partition coefficient (Wildman–Crippen LogP) is 3.29. The number of nitrogens with zero attached hydrogens (tertiary/aromatic N) is 1. The molecule has 0 bridgehead atoms. The molecule has 0 unspecified atom stereocenters. The van der Waals surface area contributed by atoms with Crippen LogP contribution in [0.1, 0.15) is 66.3 Å². The first kappa shape index (κ1) is 30.3. The number of hydrogen-bond acceptors (Lipinski definition) is 5. The zero-order valence-electron chi connectivity index (χ0n) is 21.8. The highest BCUT2D eigenvalue weighted by Gasteiger charge is 2.24. The highest BCUT2D eigenvalue weighted by Crippen LogP contribution is 2.14. The highest BCUT2D eigenvalue weighted by atomic mass is 19.1. The first-order valence-electron chi connectivity index (χ1n) is 12.9. The van der Waals surface area contributed by atoms with Crippen LogP contribution in [0.4, 0.5) is 8.78 Å². The average Bonchev–Trinajstić information content (AvgIpc) is 2.87. The summed E-state index contributed by atoms with van der Waals surface area (Å²) in [7, 11) is 0. The van der Waals surface area contributed by atoms with E-state index in [2.05, 4.69) is 10.6 Å². The molecule has 0 spiro atoms. The van der Waals surface area contributed by atoms with Gasteiger partial charge in [-0.15, -0.1) is 0 Å². The third kappa shape index (κ3) is 9.50. The molecule has 4 N–H and O–H groups in total. The molecular formula is C28H39F2N3O4. The lowest BCUT2D eigenvalue weighted by atomic mass is 9.99. The second-order valence-corrected chi connectivity index (χ2v) is 9.20. The van der Waals surface area contributed by atoms with Gasteiger partial charge >= 0.3 is 0 Å². The van der Waals surface area contributed by atoms with Gasteiger partial charge in [0.25, 0.3) is 11.8 Å². The topological polar surface area (TPSA) is 102 Å². The molecule has 0 aliphatic carbocycles. The van der Waals surface area contributed by atoms with Crippen LogP contribution < -0.4 is 10.6 Å². The third-order valence-corrected chi connectivity index (χ3v) is 6.13.